The lowest BCUT2D eigenvalue weighted by Gasteiger charge is -2.20. The van der Waals surface area contributed by atoms with E-state index in [1.807, 2.05) is 0 Å². The van der Waals surface area contributed by atoms with Crippen LogP contribution in [0, 0.1) is 0 Å². The standard InChI is InChI=1S/C12H15N3O4/c1-15(11(17)8(13)6-16)5-7-2-3-10-9(4-7)14-12(18)19-10/h2-4,8,16H,5-6,13H2,1H3,(H,14,18). The van der Waals surface area contributed by atoms with Crippen molar-refractivity contribution in [2.45, 2.75) is 12.6 Å². The number of hydrogen-bond acceptors (Lipinski definition) is 5. The number of H-pyrrole nitrogens is 1. The third kappa shape index (κ3) is 2.83. The third-order valence-electron chi connectivity index (χ3n) is 2.79. The predicted molar refractivity (Wildman–Crippen MR) is 68.4 cm³/mol. The first kappa shape index (κ1) is 13.3. The Labute approximate surface area is 108 Å². The lowest BCUT2D eigenvalue weighted by atomic mass is 10.2. The summed E-state index contributed by atoms with van der Waals surface area (Å²) >= 11 is 0. The van der Waals surface area contributed by atoms with Crippen molar-refractivity contribution < 1.29 is 14.3 Å². The van der Waals surface area contributed by atoms with Crippen molar-refractivity contribution >= 4 is 17.0 Å². The number of fused-ring (bicyclic) bond motifs is 1. The van der Waals surface area contributed by atoms with Crippen LogP contribution in [-0.4, -0.2) is 40.6 Å². The molecule has 2 rings (SSSR count). The average molecular weight is 265 g/mol. The molecule has 0 aliphatic rings. The number of aromatic nitrogens is 1. The Morgan fingerprint density at radius 3 is 3.00 bits per heavy atom. The number of likely N-dealkylation sites (N-methyl/N-ethyl adjacent to an activating group) is 1. The lowest BCUT2D eigenvalue weighted by molar-refractivity contribution is -0.132. The molecule has 7 nitrogen and oxygen atoms in total. The molecule has 1 aromatic heterocycles. The van der Waals surface area contributed by atoms with E-state index in [1.54, 1.807) is 25.2 Å². The normalized spacial score (nSPS) is 12.6. The number of carbonyl (C=O) groups excluding carboxylic acids is 1. The molecule has 0 fully saturated rings. The molecule has 0 saturated carbocycles. The Morgan fingerprint density at radius 1 is 1.58 bits per heavy atom. The van der Waals surface area contributed by atoms with Crippen LogP contribution in [0.1, 0.15) is 5.56 Å². The van der Waals surface area contributed by atoms with Crippen LogP contribution >= 0.6 is 0 Å². The second-order valence-electron chi connectivity index (χ2n) is 4.33. The van der Waals surface area contributed by atoms with E-state index in [0.29, 0.717) is 17.6 Å². The van der Waals surface area contributed by atoms with Crippen molar-refractivity contribution in [2.75, 3.05) is 13.7 Å². The largest absolute Gasteiger partial charge is 0.417 e. The third-order valence-corrected chi connectivity index (χ3v) is 2.79. The van der Waals surface area contributed by atoms with Gasteiger partial charge in [-0.15, -0.1) is 0 Å². The number of hydrogen-bond donors (Lipinski definition) is 3. The number of rotatable bonds is 4. The number of aliphatic hydroxyl groups is 1. The summed E-state index contributed by atoms with van der Waals surface area (Å²) in [4.78, 5) is 26.7. The van der Waals surface area contributed by atoms with Crippen LogP contribution < -0.4 is 11.5 Å². The van der Waals surface area contributed by atoms with Crippen molar-refractivity contribution in [3.63, 3.8) is 0 Å². The van der Waals surface area contributed by atoms with Crippen molar-refractivity contribution in [1.82, 2.24) is 9.88 Å². The predicted octanol–water partition coefficient (Wildman–Crippen LogP) is -0.601. The summed E-state index contributed by atoms with van der Waals surface area (Å²) in [6.45, 7) is -0.0626. The molecule has 4 N–H and O–H groups in total. The highest BCUT2D eigenvalue weighted by Crippen LogP contribution is 2.13. The van der Waals surface area contributed by atoms with Crippen LogP contribution in [0.25, 0.3) is 11.1 Å². The zero-order chi connectivity index (χ0) is 14.0. The highest BCUT2D eigenvalue weighted by molar-refractivity contribution is 5.81. The molecule has 1 heterocycles. The number of benzene rings is 1. The van der Waals surface area contributed by atoms with Gasteiger partial charge in [-0.25, -0.2) is 4.79 Å². The number of nitrogens with one attached hydrogen (secondary N) is 1. The van der Waals surface area contributed by atoms with Crippen molar-refractivity contribution in [3.8, 4) is 0 Å². The van der Waals surface area contributed by atoms with Gasteiger partial charge in [0.05, 0.1) is 12.1 Å². The molecule has 2 aromatic rings. The average Bonchev–Trinajstić information content (AvgIpc) is 2.76. The number of amides is 1. The second kappa shape index (κ2) is 5.25. The Kier molecular flexibility index (Phi) is 3.68. The maximum Gasteiger partial charge on any atom is 0.417 e. The fraction of sp³-hybridized carbons (Fsp3) is 0.333. The first-order chi connectivity index (χ1) is 9.01. The van der Waals surface area contributed by atoms with Gasteiger partial charge in [0.15, 0.2) is 5.58 Å². The fourth-order valence-corrected chi connectivity index (χ4v) is 1.81. The first-order valence-electron chi connectivity index (χ1n) is 5.74. The Hall–Kier alpha value is -2.12. The van der Waals surface area contributed by atoms with E-state index in [-0.39, 0.29) is 5.91 Å². The van der Waals surface area contributed by atoms with E-state index in [4.69, 9.17) is 15.3 Å². The van der Waals surface area contributed by atoms with Gasteiger partial charge in [0.25, 0.3) is 0 Å². The molecular weight excluding hydrogens is 250 g/mol. The summed E-state index contributed by atoms with van der Waals surface area (Å²) in [5.74, 6) is -0.859. The highest BCUT2D eigenvalue weighted by atomic mass is 16.4. The van der Waals surface area contributed by atoms with Gasteiger partial charge >= 0.3 is 5.76 Å². The quantitative estimate of drug-likeness (QED) is 0.683. The Balaban J connectivity index is 2.16. The maximum absolute atomic E-state index is 11.7. The molecule has 0 radical (unpaired) electrons. The number of aliphatic hydroxyl groups excluding tert-OH is 1. The zero-order valence-electron chi connectivity index (χ0n) is 10.4. The molecule has 7 heteroatoms. The van der Waals surface area contributed by atoms with Crippen LogP contribution in [0.5, 0.6) is 0 Å². The molecular formula is C12H15N3O4. The summed E-state index contributed by atoms with van der Waals surface area (Å²) in [5, 5.41) is 8.84. The van der Waals surface area contributed by atoms with Crippen molar-refractivity contribution in [3.05, 3.63) is 34.3 Å². The number of aromatic amines is 1. The second-order valence-corrected chi connectivity index (χ2v) is 4.33. The molecule has 0 aliphatic heterocycles. The molecule has 0 bridgehead atoms. The molecule has 1 amide bonds. The highest BCUT2D eigenvalue weighted by Gasteiger charge is 2.17. The van der Waals surface area contributed by atoms with Crippen LogP contribution in [0.15, 0.2) is 27.4 Å². The number of oxazole rings is 1. The van der Waals surface area contributed by atoms with Crippen LogP contribution in [-0.2, 0) is 11.3 Å². The first-order valence-corrected chi connectivity index (χ1v) is 5.74. The lowest BCUT2D eigenvalue weighted by Crippen LogP contribution is -2.43. The zero-order valence-corrected chi connectivity index (χ0v) is 10.4. The maximum atomic E-state index is 11.7. The van der Waals surface area contributed by atoms with Gasteiger partial charge in [-0.2, -0.15) is 0 Å². The SMILES string of the molecule is CN(Cc1ccc2oc(=O)[nH]c2c1)C(=O)C(N)CO. The smallest absolute Gasteiger partial charge is 0.408 e. The van der Waals surface area contributed by atoms with Crippen LogP contribution in [0.2, 0.25) is 0 Å². The molecule has 1 aromatic carbocycles. The van der Waals surface area contributed by atoms with E-state index < -0.39 is 18.4 Å². The minimum absolute atomic E-state index is 0.329. The molecule has 0 saturated heterocycles. The minimum Gasteiger partial charge on any atom is -0.408 e. The van der Waals surface area contributed by atoms with E-state index in [9.17, 15) is 9.59 Å². The fourth-order valence-electron chi connectivity index (χ4n) is 1.81. The van der Waals surface area contributed by atoms with Gasteiger partial charge in [-0.05, 0) is 17.7 Å². The number of nitrogens with zero attached hydrogens (tertiary/aromatic N) is 1. The van der Waals surface area contributed by atoms with Gasteiger partial charge in [-0.1, -0.05) is 6.07 Å². The Morgan fingerprint density at radius 2 is 2.32 bits per heavy atom. The molecule has 102 valence electrons. The molecule has 1 atom stereocenters. The molecule has 0 aliphatic carbocycles. The number of carbonyl (C=O) groups is 1. The van der Waals surface area contributed by atoms with Gasteiger partial charge < -0.3 is 20.2 Å². The summed E-state index contributed by atoms with van der Waals surface area (Å²) in [6, 6.07) is 4.23. The summed E-state index contributed by atoms with van der Waals surface area (Å²) < 4.78 is 4.89. The molecule has 1 unspecified atom stereocenters. The van der Waals surface area contributed by atoms with Gasteiger partial charge in [0.1, 0.15) is 6.04 Å². The summed E-state index contributed by atoms with van der Waals surface area (Å²) in [7, 11) is 1.60. The number of nitrogens with two attached hydrogens (primary N) is 1. The van der Waals surface area contributed by atoms with Crippen LogP contribution in [0.4, 0.5) is 0 Å². The van der Waals surface area contributed by atoms with Gasteiger partial charge in [-0.3, -0.25) is 9.78 Å². The van der Waals surface area contributed by atoms with E-state index in [0.717, 1.165) is 5.56 Å². The van der Waals surface area contributed by atoms with Gasteiger partial charge in [0, 0.05) is 13.6 Å². The molecule has 0 spiro atoms. The molecule has 19 heavy (non-hydrogen) atoms. The summed E-state index contributed by atoms with van der Waals surface area (Å²) in [5.41, 5.74) is 7.33. The summed E-state index contributed by atoms with van der Waals surface area (Å²) in [6.07, 6.45) is 0. The van der Waals surface area contributed by atoms with E-state index in [2.05, 4.69) is 4.98 Å². The van der Waals surface area contributed by atoms with E-state index in [1.165, 1.54) is 4.90 Å². The van der Waals surface area contributed by atoms with E-state index >= 15 is 0 Å². The monoisotopic (exact) mass is 265 g/mol. The topological polar surface area (TPSA) is 113 Å². The Bertz CT molecular complexity index is 646. The van der Waals surface area contributed by atoms with Gasteiger partial charge in [0.2, 0.25) is 5.91 Å². The minimum atomic E-state index is -0.914. The van der Waals surface area contributed by atoms with Crippen molar-refractivity contribution in [2.24, 2.45) is 5.73 Å². The van der Waals surface area contributed by atoms with Crippen LogP contribution in [0.3, 0.4) is 0 Å². The van der Waals surface area contributed by atoms with Crippen molar-refractivity contribution in [1.29, 1.82) is 0 Å².